The van der Waals surface area contributed by atoms with E-state index >= 15 is 0 Å². The number of amides is 1. The molecule has 44 heavy (non-hydrogen) atoms. The first-order valence-electron chi connectivity index (χ1n) is 15.9. The van der Waals surface area contributed by atoms with E-state index in [1.54, 1.807) is 0 Å². The summed E-state index contributed by atoms with van der Waals surface area (Å²) in [6, 6.07) is 14.1. The molecule has 2 aromatic carbocycles. The summed E-state index contributed by atoms with van der Waals surface area (Å²) in [7, 11) is -2.20. The zero-order valence-corrected chi connectivity index (χ0v) is 27.3. The third kappa shape index (κ3) is 9.14. The second-order valence-electron chi connectivity index (χ2n) is 12.1. The minimum atomic E-state index is -3.67. The Balaban J connectivity index is 1.63. The number of sulfonamides is 1. The molecule has 242 valence electrons. The number of aliphatic hydroxyl groups is 1. The lowest BCUT2D eigenvalue weighted by Gasteiger charge is -2.31. The zero-order chi connectivity index (χ0) is 31.7. The molecule has 9 nitrogen and oxygen atoms in total. The number of carbonyl (C=O) groups excluding carboxylic acids is 1. The van der Waals surface area contributed by atoms with Crippen LogP contribution in [-0.4, -0.2) is 74.0 Å². The molecule has 3 N–H and O–H groups in total. The number of β-amino-alcohol motifs (C(OH)–C–C–N with tert-alkyl or cyclic N) is 1. The topological polar surface area (TPSA) is 117 Å². The van der Waals surface area contributed by atoms with Crippen LogP contribution in [0.3, 0.4) is 0 Å². The molecule has 2 aromatic rings. The molecule has 0 aromatic heterocycles. The Morgan fingerprint density at radius 2 is 1.86 bits per heavy atom. The lowest BCUT2D eigenvalue weighted by molar-refractivity contribution is -0.126. The largest absolute Gasteiger partial charge is 0.491 e. The van der Waals surface area contributed by atoms with E-state index in [-0.39, 0.29) is 37.0 Å². The van der Waals surface area contributed by atoms with Gasteiger partial charge in [-0.3, -0.25) is 4.79 Å². The van der Waals surface area contributed by atoms with Crippen molar-refractivity contribution in [1.29, 1.82) is 0 Å². The van der Waals surface area contributed by atoms with E-state index in [1.165, 1.54) is 11.4 Å². The molecular formula is C34H49N3O6S. The van der Waals surface area contributed by atoms with Crippen LogP contribution in [0.4, 0.5) is 0 Å². The van der Waals surface area contributed by atoms with Crippen LogP contribution in [0.15, 0.2) is 60.7 Å². The second-order valence-corrected chi connectivity index (χ2v) is 14.3. The van der Waals surface area contributed by atoms with Crippen molar-refractivity contribution in [2.24, 2.45) is 0 Å². The molecule has 1 amide bonds. The Labute approximate surface area is 263 Å². The minimum absolute atomic E-state index is 0.0136. The van der Waals surface area contributed by atoms with Gasteiger partial charge in [0.15, 0.2) is 0 Å². The number of nitrogens with one attached hydrogen (secondary N) is 2. The standard InChI is InChI=1S/C34H49N3O6S/c1-5-6-12-19-44(40,41)37(4)31-15-10-11-18-42-33-22-29(28-21-26(43-24(2)3)16-17-27(28)33)35-23-32(38)30(36-34(31)39)20-25-13-8-7-9-14-25/h7-11,13-14,16-17,21,24,29-33,35,38H,5-6,12,15,18-20,22-23H2,1-4H3,(H,36,39)/b11-10-/t29-,30+,31-,32-,33+/m1/s1. The van der Waals surface area contributed by atoms with Crippen LogP contribution in [0.2, 0.25) is 0 Å². The molecule has 2 aliphatic rings. The summed E-state index contributed by atoms with van der Waals surface area (Å²) >= 11 is 0. The maximum atomic E-state index is 13.8. The number of hydrogen-bond acceptors (Lipinski definition) is 7. The Bertz CT molecular complexity index is 1350. The molecule has 0 spiro atoms. The summed E-state index contributed by atoms with van der Waals surface area (Å²) in [4.78, 5) is 13.8. The van der Waals surface area contributed by atoms with Crippen molar-refractivity contribution >= 4 is 15.9 Å². The molecule has 0 saturated carbocycles. The number of benzene rings is 2. The third-order valence-electron chi connectivity index (χ3n) is 8.37. The van der Waals surface area contributed by atoms with Crippen LogP contribution in [0.25, 0.3) is 0 Å². The number of fused-ring (bicyclic) bond motifs is 5. The molecule has 2 bridgehead atoms. The lowest BCUT2D eigenvalue weighted by atomic mass is 9.99. The van der Waals surface area contributed by atoms with Crippen LogP contribution < -0.4 is 15.4 Å². The van der Waals surface area contributed by atoms with Gasteiger partial charge >= 0.3 is 0 Å². The van der Waals surface area contributed by atoms with Crippen LogP contribution in [-0.2, 0) is 26.0 Å². The third-order valence-corrected chi connectivity index (χ3v) is 10.3. The summed E-state index contributed by atoms with van der Waals surface area (Å²) < 4.78 is 39.9. The van der Waals surface area contributed by atoms with E-state index in [0.717, 1.165) is 35.3 Å². The predicted molar refractivity (Wildman–Crippen MR) is 173 cm³/mol. The Morgan fingerprint density at radius 3 is 2.59 bits per heavy atom. The van der Waals surface area contributed by atoms with Crippen LogP contribution in [0, 0.1) is 0 Å². The van der Waals surface area contributed by atoms with Gasteiger partial charge in [-0.15, -0.1) is 0 Å². The van der Waals surface area contributed by atoms with Gasteiger partial charge in [0.1, 0.15) is 11.8 Å². The molecule has 0 unspecified atom stereocenters. The van der Waals surface area contributed by atoms with Crippen molar-refractivity contribution in [1.82, 2.24) is 14.9 Å². The van der Waals surface area contributed by atoms with Crippen molar-refractivity contribution in [2.75, 3.05) is 26.0 Å². The first kappa shape index (κ1) is 34.1. The highest BCUT2D eigenvalue weighted by molar-refractivity contribution is 7.89. The molecule has 5 atom stereocenters. The molecular weight excluding hydrogens is 578 g/mol. The predicted octanol–water partition coefficient (Wildman–Crippen LogP) is 4.43. The summed E-state index contributed by atoms with van der Waals surface area (Å²) in [6.07, 6.45) is 6.13. The highest BCUT2D eigenvalue weighted by Gasteiger charge is 2.35. The number of nitrogens with zero attached hydrogens (tertiary/aromatic N) is 1. The average molecular weight is 628 g/mol. The Hall–Kier alpha value is -2.76. The maximum Gasteiger partial charge on any atom is 0.239 e. The smallest absolute Gasteiger partial charge is 0.239 e. The molecule has 0 saturated heterocycles. The van der Waals surface area contributed by atoms with E-state index in [9.17, 15) is 18.3 Å². The fraction of sp³-hybridized carbons (Fsp3) is 0.559. The number of likely N-dealkylation sites (N-methyl/N-ethyl adjacent to an activating group) is 1. The van der Waals surface area contributed by atoms with E-state index in [2.05, 4.69) is 16.7 Å². The molecule has 1 heterocycles. The van der Waals surface area contributed by atoms with Gasteiger partial charge in [-0.2, -0.15) is 4.31 Å². The Morgan fingerprint density at radius 1 is 1.09 bits per heavy atom. The van der Waals surface area contributed by atoms with E-state index in [0.29, 0.717) is 25.9 Å². The molecule has 0 radical (unpaired) electrons. The molecule has 4 rings (SSSR count). The summed E-state index contributed by atoms with van der Waals surface area (Å²) in [5.41, 5.74) is 3.12. The SMILES string of the molecule is CCCCCS(=O)(=O)N(C)[C@@H]1C/C=C\CO[C@H]2C[C@@H](NC[C@@H](O)[C@H](Cc3ccccc3)NC1=O)c1cc(OC(C)C)ccc12. The number of hydrogen-bond donors (Lipinski definition) is 3. The number of aliphatic hydroxyl groups excluding tert-OH is 1. The fourth-order valence-electron chi connectivity index (χ4n) is 5.91. The first-order valence-corrected chi connectivity index (χ1v) is 17.5. The highest BCUT2D eigenvalue weighted by atomic mass is 32.2. The normalized spacial score (nSPS) is 25.6. The summed E-state index contributed by atoms with van der Waals surface area (Å²) in [6.45, 7) is 6.55. The van der Waals surface area contributed by atoms with Crippen molar-refractivity contribution < 1.29 is 27.8 Å². The van der Waals surface area contributed by atoms with E-state index in [4.69, 9.17) is 9.47 Å². The lowest BCUT2D eigenvalue weighted by Crippen LogP contribution is -2.55. The second kappa shape index (κ2) is 16.0. The minimum Gasteiger partial charge on any atom is -0.491 e. The highest BCUT2D eigenvalue weighted by Crippen LogP contribution is 2.42. The molecule has 1 aliphatic carbocycles. The van der Waals surface area contributed by atoms with Gasteiger partial charge < -0.3 is 25.2 Å². The number of carbonyl (C=O) groups is 1. The van der Waals surface area contributed by atoms with Gasteiger partial charge in [-0.05, 0) is 68.4 Å². The van der Waals surface area contributed by atoms with Crippen molar-refractivity contribution in [2.45, 2.75) is 95.7 Å². The molecule has 0 fully saturated rings. The van der Waals surface area contributed by atoms with Crippen molar-refractivity contribution in [3.8, 4) is 5.75 Å². The van der Waals surface area contributed by atoms with Gasteiger partial charge in [0, 0.05) is 19.6 Å². The van der Waals surface area contributed by atoms with Gasteiger partial charge in [0.05, 0.1) is 36.7 Å². The molecule has 1 aliphatic heterocycles. The number of ether oxygens (including phenoxy) is 2. The van der Waals surface area contributed by atoms with Gasteiger partial charge in [0.2, 0.25) is 15.9 Å². The Kier molecular flexibility index (Phi) is 12.4. The van der Waals surface area contributed by atoms with Gasteiger partial charge in [-0.25, -0.2) is 8.42 Å². The van der Waals surface area contributed by atoms with Crippen molar-refractivity contribution in [3.63, 3.8) is 0 Å². The average Bonchev–Trinajstić information content (AvgIpc) is 3.33. The summed E-state index contributed by atoms with van der Waals surface area (Å²) in [5.74, 6) is 0.338. The summed E-state index contributed by atoms with van der Waals surface area (Å²) in [5, 5.41) is 18.1. The van der Waals surface area contributed by atoms with Gasteiger partial charge in [0.25, 0.3) is 0 Å². The zero-order valence-electron chi connectivity index (χ0n) is 26.4. The fourth-order valence-corrected chi connectivity index (χ4v) is 7.33. The molecule has 10 heteroatoms. The maximum absolute atomic E-state index is 13.8. The monoisotopic (exact) mass is 627 g/mol. The first-order chi connectivity index (χ1) is 21.1. The van der Waals surface area contributed by atoms with Crippen LogP contribution in [0.5, 0.6) is 5.75 Å². The number of rotatable bonds is 10. The number of unbranched alkanes of at least 4 members (excludes halogenated alkanes) is 2. The van der Waals surface area contributed by atoms with Crippen LogP contribution in [0.1, 0.15) is 81.7 Å². The van der Waals surface area contributed by atoms with Crippen molar-refractivity contribution in [3.05, 3.63) is 77.4 Å². The van der Waals surface area contributed by atoms with Crippen LogP contribution >= 0.6 is 0 Å². The van der Waals surface area contributed by atoms with Gasteiger partial charge in [-0.1, -0.05) is 68.3 Å². The van der Waals surface area contributed by atoms with E-state index in [1.807, 2.05) is 75.4 Å². The quantitative estimate of drug-likeness (QED) is 0.264. The van der Waals surface area contributed by atoms with E-state index < -0.39 is 34.1 Å².